The monoisotopic (exact) mass is 434 g/mol. The van der Waals surface area contributed by atoms with Gasteiger partial charge in [0.15, 0.2) is 0 Å². The van der Waals surface area contributed by atoms with Crippen LogP contribution in [-0.2, 0) is 6.42 Å². The molecule has 2 aliphatic carbocycles. The molecule has 0 atom stereocenters. The summed E-state index contributed by atoms with van der Waals surface area (Å²) in [6, 6.07) is 15.4. The number of hydrogen-bond donors (Lipinski definition) is 4. The Morgan fingerprint density at radius 3 is 2.22 bits per heavy atom. The summed E-state index contributed by atoms with van der Waals surface area (Å²) in [5.41, 5.74) is 11.3. The molecule has 7 N–H and O–H groups in total. The molecule has 0 radical (unpaired) electrons. The lowest BCUT2D eigenvalue weighted by Gasteiger charge is -2.28. The first-order chi connectivity index (χ1) is 15.4. The fraction of sp³-hybridized carbons (Fsp3) is 0.308. The summed E-state index contributed by atoms with van der Waals surface area (Å²) in [5, 5.41) is 9.85. The molecule has 0 heterocycles. The molecule has 0 unspecified atom stereocenters. The van der Waals surface area contributed by atoms with Crippen LogP contribution < -0.4 is 16.9 Å². The molecule has 0 aliphatic heterocycles. The normalized spacial score (nSPS) is 17.2. The molecule has 0 saturated carbocycles. The number of carbonyl (C=O) groups excluding carboxylic acids is 2. The van der Waals surface area contributed by atoms with E-state index in [2.05, 4.69) is 55.4 Å². The number of nitrogens with one attached hydrogen (secondary N) is 1. The highest BCUT2D eigenvalue weighted by Crippen LogP contribution is 2.37. The SMILES string of the molecule is CC1(C)CC=C(c2ccc(CCNC3=C(N)C(=O)c4ccccc4C3=O)cc2)CC1.[NH3+]O. The van der Waals surface area contributed by atoms with Crippen molar-refractivity contribution in [3.05, 3.63) is 88.3 Å². The molecule has 0 bridgehead atoms. The van der Waals surface area contributed by atoms with Gasteiger partial charge in [0.1, 0.15) is 11.4 Å². The van der Waals surface area contributed by atoms with E-state index in [0.717, 1.165) is 19.3 Å². The molecule has 0 amide bonds. The Bertz CT molecular complexity index is 1070. The van der Waals surface area contributed by atoms with Crippen molar-refractivity contribution in [2.75, 3.05) is 6.54 Å². The topological polar surface area (TPSA) is 120 Å². The molecule has 6 nitrogen and oxygen atoms in total. The number of allylic oxidation sites excluding steroid dienone is 4. The van der Waals surface area contributed by atoms with Gasteiger partial charge in [-0.25, -0.2) is 11.1 Å². The number of quaternary nitrogens is 1. The maximum atomic E-state index is 12.7. The maximum Gasteiger partial charge on any atom is 0.211 e. The average Bonchev–Trinajstić information content (AvgIpc) is 2.82. The van der Waals surface area contributed by atoms with Gasteiger partial charge in [0.25, 0.3) is 0 Å². The third-order valence-corrected chi connectivity index (χ3v) is 6.17. The number of hydrogen-bond acceptors (Lipinski definition) is 5. The van der Waals surface area contributed by atoms with E-state index in [4.69, 9.17) is 10.9 Å². The van der Waals surface area contributed by atoms with Crippen LogP contribution in [0.5, 0.6) is 0 Å². The summed E-state index contributed by atoms with van der Waals surface area (Å²) in [6.07, 6.45) is 6.58. The Labute approximate surface area is 189 Å². The Morgan fingerprint density at radius 1 is 1.00 bits per heavy atom. The maximum absolute atomic E-state index is 12.7. The van der Waals surface area contributed by atoms with Crippen molar-refractivity contribution >= 4 is 17.1 Å². The Hall–Kier alpha value is -3.22. The average molecular weight is 435 g/mol. The van der Waals surface area contributed by atoms with Crippen molar-refractivity contribution in [2.24, 2.45) is 11.1 Å². The van der Waals surface area contributed by atoms with Gasteiger partial charge in [-0.1, -0.05) is 68.5 Å². The third kappa shape index (κ3) is 4.98. The van der Waals surface area contributed by atoms with Crippen molar-refractivity contribution in [3.63, 3.8) is 0 Å². The minimum Gasteiger partial charge on any atom is -0.394 e. The van der Waals surface area contributed by atoms with E-state index in [0.29, 0.717) is 23.1 Å². The van der Waals surface area contributed by atoms with Crippen molar-refractivity contribution < 1.29 is 20.7 Å². The van der Waals surface area contributed by atoms with Gasteiger partial charge in [-0.15, -0.1) is 0 Å². The number of fused-ring (bicyclic) bond motifs is 1. The number of benzene rings is 2. The van der Waals surface area contributed by atoms with Crippen LogP contribution in [0.3, 0.4) is 0 Å². The Balaban J connectivity index is 0.00000141. The van der Waals surface area contributed by atoms with Crippen LogP contribution in [0.25, 0.3) is 5.57 Å². The van der Waals surface area contributed by atoms with Gasteiger partial charge in [0, 0.05) is 17.7 Å². The molecule has 2 aromatic rings. The molecule has 0 fully saturated rings. The number of carbonyl (C=O) groups is 2. The van der Waals surface area contributed by atoms with Crippen LogP contribution in [-0.4, -0.2) is 23.3 Å². The minimum absolute atomic E-state index is 0.00112. The molecule has 0 spiro atoms. The molecular formula is C26H32N3O3+. The van der Waals surface area contributed by atoms with E-state index in [-0.39, 0.29) is 23.0 Å². The molecule has 2 aromatic carbocycles. The van der Waals surface area contributed by atoms with Crippen molar-refractivity contribution in [1.29, 1.82) is 0 Å². The summed E-state index contributed by atoms with van der Waals surface area (Å²) < 4.78 is 0. The summed E-state index contributed by atoms with van der Waals surface area (Å²) in [6.45, 7) is 5.18. The zero-order chi connectivity index (χ0) is 23.3. The van der Waals surface area contributed by atoms with E-state index < -0.39 is 0 Å². The van der Waals surface area contributed by atoms with Crippen LogP contribution in [0.2, 0.25) is 0 Å². The smallest absolute Gasteiger partial charge is 0.211 e. The second-order valence-corrected chi connectivity index (χ2v) is 8.96. The first-order valence-corrected chi connectivity index (χ1v) is 10.9. The lowest BCUT2D eigenvalue weighted by Crippen LogP contribution is -2.42. The lowest BCUT2D eigenvalue weighted by atomic mass is 9.77. The third-order valence-electron chi connectivity index (χ3n) is 6.17. The minimum atomic E-state index is -0.291. The highest BCUT2D eigenvalue weighted by molar-refractivity contribution is 6.26. The number of Topliss-reactive ketones (excluding diaryl/α,β-unsaturated/α-hetero) is 2. The van der Waals surface area contributed by atoms with Crippen LogP contribution >= 0.6 is 0 Å². The Morgan fingerprint density at radius 2 is 1.62 bits per heavy atom. The van der Waals surface area contributed by atoms with Crippen LogP contribution in [0, 0.1) is 5.41 Å². The fourth-order valence-corrected chi connectivity index (χ4v) is 4.13. The van der Waals surface area contributed by atoms with Crippen LogP contribution in [0.4, 0.5) is 0 Å². The molecule has 0 saturated heterocycles. The Kier molecular flexibility index (Phi) is 7.28. The first kappa shape index (κ1) is 23.4. The second-order valence-electron chi connectivity index (χ2n) is 8.96. The molecule has 6 heteroatoms. The number of rotatable bonds is 5. The summed E-state index contributed by atoms with van der Waals surface area (Å²) in [4.78, 5) is 25.2. The molecular weight excluding hydrogens is 402 g/mol. The van der Waals surface area contributed by atoms with E-state index in [1.807, 2.05) is 0 Å². The molecule has 0 aromatic heterocycles. The van der Waals surface area contributed by atoms with Crippen molar-refractivity contribution in [1.82, 2.24) is 5.32 Å². The zero-order valence-corrected chi connectivity index (χ0v) is 18.8. The number of nitrogens with two attached hydrogens (primary N) is 1. The molecule has 2 aliphatic rings. The quantitative estimate of drug-likeness (QED) is 0.538. The van der Waals surface area contributed by atoms with Crippen molar-refractivity contribution in [3.8, 4) is 0 Å². The van der Waals surface area contributed by atoms with Gasteiger partial charge >= 0.3 is 0 Å². The van der Waals surface area contributed by atoms with Crippen molar-refractivity contribution in [2.45, 2.75) is 39.5 Å². The summed E-state index contributed by atoms with van der Waals surface area (Å²) >= 11 is 0. The van der Waals surface area contributed by atoms with E-state index in [1.54, 1.807) is 24.3 Å². The van der Waals surface area contributed by atoms with Crippen LogP contribution in [0.15, 0.2) is 66.0 Å². The van der Waals surface area contributed by atoms with E-state index in [1.165, 1.54) is 23.1 Å². The lowest BCUT2D eigenvalue weighted by molar-refractivity contribution is -0.670. The summed E-state index contributed by atoms with van der Waals surface area (Å²) in [7, 11) is 0. The fourth-order valence-electron chi connectivity index (χ4n) is 4.13. The number of ketones is 2. The van der Waals surface area contributed by atoms with Crippen LogP contribution in [0.1, 0.15) is 65.0 Å². The van der Waals surface area contributed by atoms with Gasteiger partial charge in [0.05, 0.1) is 0 Å². The largest absolute Gasteiger partial charge is 0.394 e. The highest BCUT2D eigenvalue weighted by Gasteiger charge is 2.30. The standard InChI is InChI=1S/C26H28N2O2.H4NO/c1-26(2)14-11-19(12-15-26)18-9-7-17(8-10-18)13-16-28-23-22(27)24(29)20-5-3-4-6-21(20)25(23)30;1-2/h3-11,28H,12-16,27H2,1-2H3;2H,1H3/q;+1. The predicted molar refractivity (Wildman–Crippen MR) is 125 cm³/mol. The van der Waals surface area contributed by atoms with Gasteiger partial charge in [-0.05, 0) is 47.8 Å². The molecule has 4 rings (SSSR count). The van der Waals surface area contributed by atoms with Gasteiger partial charge in [-0.3, -0.25) is 9.59 Å². The summed E-state index contributed by atoms with van der Waals surface area (Å²) in [5.74, 6) is 1.74. The highest BCUT2D eigenvalue weighted by atomic mass is 16.4. The zero-order valence-electron chi connectivity index (χ0n) is 18.8. The molecule has 168 valence electrons. The van der Waals surface area contributed by atoms with E-state index >= 15 is 0 Å². The predicted octanol–water partition coefficient (Wildman–Crippen LogP) is 3.28. The van der Waals surface area contributed by atoms with Gasteiger partial charge in [0.2, 0.25) is 11.6 Å². The van der Waals surface area contributed by atoms with Gasteiger partial charge in [-0.2, -0.15) is 0 Å². The van der Waals surface area contributed by atoms with Gasteiger partial charge < -0.3 is 11.1 Å². The first-order valence-electron chi connectivity index (χ1n) is 10.9. The van der Waals surface area contributed by atoms with E-state index in [9.17, 15) is 9.59 Å². The molecule has 32 heavy (non-hydrogen) atoms. The second kappa shape index (κ2) is 9.94.